The van der Waals surface area contributed by atoms with Crippen molar-refractivity contribution in [2.24, 2.45) is 0 Å². The van der Waals surface area contributed by atoms with Crippen LogP contribution in [0, 0.1) is 6.92 Å². The first-order valence-corrected chi connectivity index (χ1v) is 4.11. The molecule has 0 aromatic carbocycles. The lowest BCUT2D eigenvalue weighted by Crippen LogP contribution is -2.07. The Bertz CT molecular complexity index is 220. The zero-order valence-corrected chi connectivity index (χ0v) is 7.41. The fraction of sp³-hybridized carbons (Fsp3) is 0.714. The van der Waals surface area contributed by atoms with Crippen LogP contribution >= 0.6 is 0 Å². The molecule has 0 aliphatic heterocycles. The van der Waals surface area contributed by atoms with Gasteiger partial charge in [-0.15, -0.1) is 20.4 Å². The number of aryl methyl sites for hydroxylation is 1. The Morgan fingerprint density at radius 2 is 1.83 bits per heavy atom. The van der Waals surface area contributed by atoms with Gasteiger partial charge in [-0.3, -0.25) is 0 Å². The molecular weight excluding hydrogens is 154 g/mol. The predicted octanol–water partition coefficient (Wildman–Crippen LogP) is 0.787. The van der Waals surface area contributed by atoms with Crippen LogP contribution in [0.5, 0.6) is 0 Å². The third-order valence-corrected chi connectivity index (χ3v) is 1.39. The van der Waals surface area contributed by atoms with E-state index < -0.39 is 0 Å². The van der Waals surface area contributed by atoms with E-state index in [1.807, 2.05) is 0 Å². The number of aromatic nitrogens is 4. The van der Waals surface area contributed by atoms with Gasteiger partial charge in [0.05, 0.1) is 0 Å². The van der Waals surface area contributed by atoms with E-state index in [1.165, 1.54) is 0 Å². The standard InChI is InChI=1S/C7H13N5/c1-3-4-5-8-7-11-9-6(2)10-12-7/h3-5H2,1-2H3,(H,8,11,12). The van der Waals surface area contributed by atoms with Crippen LogP contribution in [0.2, 0.25) is 0 Å². The molecule has 5 nitrogen and oxygen atoms in total. The van der Waals surface area contributed by atoms with Gasteiger partial charge in [-0.1, -0.05) is 13.3 Å². The number of hydrogen-bond acceptors (Lipinski definition) is 5. The normalized spacial score (nSPS) is 9.83. The summed E-state index contributed by atoms with van der Waals surface area (Å²) in [4.78, 5) is 0. The van der Waals surface area contributed by atoms with E-state index in [2.05, 4.69) is 32.6 Å². The summed E-state index contributed by atoms with van der Waals surface area (Å²) in [5.41, 5.74) is 0. The Labute approximate surface area is 71.6 Å². The van der Waals surface area contributed by atoms with Crippen molar-refractivity contribution in [1.29, 1.82) is 0 Å². The Morgan fingerprint density at radius 3 is 2.42 bits per heavy atom. The maximum Gasteiger partial charge on any atom is 0.262 e. The molecule has 0 saturated heterocycles. The molecule has 1 heterocycles. The van der Waals surface area contributed by atoms with Crippen LogP contribution in [-0.4, -0.2) is 26.9 Å². The third kappa shape index (κ3) is 2.77. The second kappa shape index (κ2) is 4.58. The van der Waals surface area contributed by atoms with Crippen LogP contribution in [0.1, 0.15) is 25.6 Å². The molecule has 0 amide bonds. The van der Waals surface area contributed by atoms with Gasteiger partial charge in [0.1, 0.15) is 0 Å². The van der Waals surface area contributed by atoms with Crippen LogP contribution in [0.25, 0.3) is 0 Å². The zero-order chi connectivity index (χ0) is 8.81. The van der Waals surface area contributed by atoms with Crippen molar-refractivity contribution < 1.29 is 0 Å². The molecule has 0 aliphatic rings. The Kier molecular flexibility index (Phi) is 3.37. The summed E-state index contributed by atoms with van der Waals surface area (Å²) in [6.45, 7) is 4.77. The van der Waals surface area contributed by atoms with E-state index in [4.69, 9.17) is 0 Å². The Morgan fingerprint density at radius 1 is 1.17 bits per heavy atom. The zero-order valence-electron chi connectivity index (χ0n) is 7.41. The van der Waals surface area contributed by atoms with E-state index in [0.29, 0.717) is 11.8 Å². The molecule has 12 heavy (non-hydrogen) atoms. The van der Waals surface area contributed by atoms with E-state index in [1.54, 1.807) is 6.92 Å². The van der Waals surface area contributed by atoms with E-state index in [9.17, 15) is 0 Å². The fourth-order valence-corrected chi connectivity index (χ4v) is 0.727. The molecule has 1 N–H and O–H groups in total. The minimum absolute atomic E-state index is 0.508. The van der Waals surface area contributed by atoms with Crippen LogP contribution in [-0.2, 0) is 0 Å². The summed E-state index contributed by atoms with van der Waals surface area (Å²) in [5, 5.41) is 18.2. The highest BCUT2D eigenvalue weighted by atomic mass is 15.3. The van der Waals surface area contributed by atoms with Gasteiger partial charge < -0.3 is 5.32 Å². The van der Waals surface area contributed by atoms with Crippen molar-refractivity contribution in [3.05, 3.63) is 5.82 Å². The number of unbranched alkanes of at least 4 members (excludes halogenated alkanes) is 1. The average Bonchev–Trinajstić information content (AvgIpc) is 2.09. The second-order valence-corrected chi connectivity index (χ2v) is 2.55. The highest BCUT2D eigenvalue weighted by Crippen LogP contribution is 1.93. The van der Waals surface area contributed by atoms with Crippen molar-refractivity contribution >= 4 is 5.95 Å². The van der Waals surface area contributed by atoms with Crippen molar-refractivity contribution in [1.82, 2.24) is 20.4 Å². The lowest BCUT2D eigenvalue weighted by Gasteiger charge is -2.00. The van der Waals surface area contributed by atoms with E-state index >= 15 is 0 Å². The highest BCUT2D eigenvalue weighted by molar-refractivity contribution is 5.18. The number of rotatable bonds is 4. The maximum atomic E-state index is 3.82. The van der Waals surface area contributed by atoms with Gasteiger partial charge in [-0.2, -0.15) is 0 Å². The second-order valence-electron chi connectivity index (χ2n) is 2.55. The van der Waals surface area contributed by atoms with Gasteiger partial charge in [0.15, 0.2) is 5.82 Å². The topological polar surface area (TPSA) is 63.6 Å². The summed E-state index contributed by atoms with van der Waals surface area (Å²) >= 11 is 0. The molecule has 5 heteroatoms. The minimum atomic E-state index is 0.508. The summed E-state index contributed by atoms with van der Waals surface area (Å²) in [7, 11) is 0. The van der Waals surface area contributed by atoms with Crippen molar-refractivity contribution in [3.8, 4) is 0 Å². The van der Waals surface area contributed by atoms with Gasteiger partial charge in [0, 0.05) is 6.54 Å². The number of anilines is 1. The average molecular weight is 167 g/mol. The molecule has 66 valence electrons. The lowest BCUT2D eigenvalue weighted by molar-refractivity contribution is 0.779. The molecule has 0 radical (unpaired) electrons. The molecule has 0 bridgehead atoms. The molecule has 1 rings (SSSR count). The fourth-order valence-electron chi connectivity index (χ4n) is 0.727. The molecule has 0 aliphatic carbocycles. The largest absolute Gasteiger partial charge is 0.352 e. The minimum Gasteiger partial charge on any atom is -0.352 e. The van der Waals surface area contributed by atoms with Crippen molar-refractivity contribution in [2.45, 2.75) is 26.7 Å². The Hall–Kier alpha value is -1.26. The summed E-state index contributed by atoms with van der Waals surface area (Å²) < 4.78 is 0. The molecule has 0 spiro atoms. The highest BCUT2D eigenvalue weighted by Gasteiger charge is 1.94. The molecule has 0 unspecified atom stereocenters. The third-order valence-electron chi connectivity index (χ3n) is 1.39. The lowest BCUT2D eigenvalue weighted by atomic mass is 10.3. The first-order valence-electron chi connectivity index (χ1n) is 4.11. The summed E-state index contributed by atoms with van der Waals surface area (Å²) in [6, 6.07) is 0. The molecule has 1 aromatic rings. The molecule has 0 fully saturated rings. The summed E-state index contributed by atoms with van der Waals surface area (Å²) in [6.07, 6.45) is 2.26. The molecule has 0 saturated carbocycles. The van der Waals surface area contributed by atoms with Crippen LogP contribution < -0.4 is 5.32 Å². The van der Waals surface area contributed by atoms with Gasteiger partial charge in [-0.05, 0) is 13.3 Å². The van der Waals surface area contributed by atoms with Crippen LogP contribution in [0.3, 0.4) is 0 Å². The predicted molar refractivity (Wildman–Crippen MR) is 45.8 cm³/mol. The van der Waals surface area contributed by atoms with Crippen molar-refractivity contribution in [3.63, 3.8) is 0 Å². The van der Waals surface area contributed by atoms with Gasteiger partial charge in [0.25, 0.3) is 5.95 Å². The molecular formula is C7H13N5. The SMILES string of the molecule is CCCCNc1nnc(C)nn1. The van der Waals surface area contributed by atoms with E-state index in [0.717, 1.165) is 19.4 Å². The maximum absolute atomic E-state index is 3.82. The number of nitrogens with one attached hydrogen (secondary N) is 1. The van der Waals surface area contributed by atoms with Gasteiger partial charge >= 0.3 is 0 Å². The quantitative estimate of drug-likeness (QED) is 0.671. The first kappa shape index (κ1) is 8.83. The van der Waals surface area contributed by atoms with Gasteiger partial charge in [0.2, 0.25) is 0 Å². The van der Waals surface area contributed by atoms with Gasteiger partial charge in [-0.25, -0.2) is 0 Å². The smallest absolute Gasteiger partial charge is 0.262 e. The first-order chi connectivity index (χ1) is 5.83. The summed E-state index contributed by atoms with van der Waals surface area (Å²) in [5.74, 6) is 1.10. The van der Waals surface area contributed by atoms with Crippen LogP contribution in [0.4, 0.5) is 5.95 Å². The molecule has 1 aromatic heterocycles. The number of nitrogens with zero attached hydrogens (tertiary/aromatic N) is 4. The van der Waals surface area contributed by atoms with Crippen LogP contribution in [0.15, 0.2) is 0 Å². The Balaban J connectivity index is 2.37. The monoisotopic (exact) mass is 167 g/mol. The van der Waals surface area contributed by atoms with Crippen molar-refractivity contribution in [2.75, 3.05) is 11.9 Å². The van der Waals surface area contributed by atoms with E-state index in [-0.39, 0.29) is 0 Å². The number of hydrogen-bond donors (Lipinski definition) is 1. The molecule has 0 atom stereocenters.